The minimum atomic E-state index is -1.77. The molecule has 156 valence electrons. The van der Waals surface area contributed by atoms with E-state index in [4.69, 9.17) is 0 Å². The Morgan fingerprint density at radius 1 is 0.548 bits per heavy atom. The van der Waals surface area contributed by atoms with E-state index in [1.54, 1.807) is 0 Å². The number of unbranched alkanes of at least 4 members (excludes halogenated alkanes) is 3. The fraction of sp³-hybridized carbons (Fsp3) is 0.267. The molecule has 0 heterocycles. The summed E-state index contributed by atoms with van der Waals surface area (Å²) in [6.07, 6.45) is 7.32. The van der Waals surface area contributed by atoms with Crippen LogP contribution in [0.4, 0.5) is 0 Å². The van der Waals surface area contributed by atoms with E-state index in [1.165, 1.54) is 35.2 Å². The van der Waals surface area contributed by atoms with Crippen molar-refractivity contribution in [3.63, 3.8) is 0 Å². The SMILES string of the molecule is CCCCCC#CCC#CCC[P+](c1ccccc1)(c1ccccc1)c1ccccc1. The van der Waals surface area contributed by atoms with Crippen LogP contribution in [-0.2, 0) is 0 Å². The van der Waals surface area contributed by atoms with Gasteiger partial charge in [-0.1, -0.05) is 92.1 Å². The number of hydrogen-bond acceptors (Lipinski definition) is 0. The van der Waals surface area contributed by atoms with Gasteiger partial charge in [-0.2, -0.15) is 0 Å². The van der Waals surface area contributed by atoms with Gasteiger partial charge in [-0.15, -0.1) is 5.92 Å². The highest BCUT2D eigenvalue weighted by molar-refractivity contribution is 7.95. The molecule has 0 aromatic heterocycles. The molecule has 0 aliphatic rings. The van der Waals surface area contributed by atoms with Crippen LogP contribution in [0.25, 0.3) is 0 Å². The Labute approximate surface area is 189 Å². The zero-order valence-electron chi connectivity index (χ0n) is 18.6. The summed E-state index contributed by atoms with van der Waals surface area (Å²) in [6, 6.07) is 33.1. The average Bonchev–Trinajstić information content (AvgIpc) is 2.84. The molecule has 0 saturated carbocycles. The van der Waals surface area contributed by atoms with Gasteiger partial charge in [0, 0.05) is 12.8 Å². The number of benzene rings is 3. The van der Waals surface area contributed by atoms with Crippen molar-refractivity contribution in [2.45, 2.75) is 45.4 Å². The summed E-state index contributed by atoms with van der Waals surface area (Å²) in [4.78, 5) is 0. The third kappa shape index (κ3) is 6.34. The summed E-state index contributed by atoms with van der Waals surface area (Å²) in [7, 11) is -1.77. The van der Waals surface area contributed by atoms with E-state index in [1.807, 2.05) is 0 Å². The quantitative estimate of drug-likeness (QED) is 0.225. The first-order chi connectivity index (χ1) is 15.4. The van der Waals surface area contributed by atoms with Gasteiger partial charge in [0.2, 0.25) is 0 Å². The Morgan fingerprint density at radius 3 is 1.45 bits per heavy atom. The van der Waals surface area contributed by atoms with E-state index < -0.39 is 7.26 Å². The molecule has 0 amide bonds. The van der Waals surface area contributed by atoms with Crippen LogP contribution in [-0.4, -0.2) is 6.16 Å². The first kappa shape index (κ1) is 22.9. The van der Waals surface area contributed by atoms with Crippen molar-refractivity contribution in [1.29, 1.82) is 0 Å². The highest BCUT2D eigenvalue weighted by atomic mass is 31.2. The van der Waals surface area contributed by atoms with Gasteiger partial charge >= 0.3 is 0 Å². The predicted molar refractivity (Wildman–Crippen MR) is 139 cm³/mol. The van der Waals surface area contributed by atoms with Gasteiger partial charge in [0.15, 0.2) is 0 Å². The van der Waals surface area contributed by atoms with Crippen LogP contribution >= 0.6 is 7.26 Å². The smallest absolute Gasteiger partial charge is 0.102 e. The molecule has 0 N–H and O–H groups in total. The highest BCUT2D eigenvalue weighted by Crippen LogP contribution is 2.55. The Bertz CT molecular complexity index is 918. The molecule has 3 aromatic carbocycles. The van der Waals surface area contributed by atoms with E-state index in [-0.39, 0.29) is 0 Å². The second-order valence-electron chi connectivity index (χ2n) is 7.63. The Hall–Kier alpha value is -2.79. The molecule has 0 atom stereocenters. The lowest BCUT2D eigenvalue weighted by Crippen LogP contribution is -2.33. The van der Waals surface area contributed by atoms with Crippen LogP contribution in [0.15, 0.2) is 91.0 Å². The van der Waals surface area contributed by atoms with E-state index in [9.17, 15) is 0 Å². The zero-order valence-corrected chi connectivity index (χ0v) is 19.5. The third-order valence-corrected chi connectivity index (χ3v) is 9.93. The van der Waals surface area contributed by atoms with E-state index >= 15 is 0 Å². The van der Waals surface area contributed by atoms with Crippen molar-refractivity contribution in [3.05, 3.63) is 91.0 Å². The fourth-order valence-corrected chi connectivity index (χ4v) is 8.07. The maximum atomic E-state index is 3.43. The van der Waals surface area contributed by atoms with E-state index in [0.717, 1.165) is 19.0 Å². The van der Waals surface area contributed by atoms with Crippen molar-refractivity contribution in [2.24, 2.45) is 0 Å². The Morgan fingerprint density at radius 2 is 1.00 bits per heavy atom. The van der Waals surface area contributed by atoms with Crippen molar-refractivity contribution >= 4 is 23.2 Å². The van der Waals surface area contributed by atoms with Crippen LogP contribution in [0.1, 0.15) is 45.4 Å². The van der Waals surface area contributed by atoms with Crippen LogP contribution in [0.2, 0.25) is 0 Å². The van der Waals surface area contributed by atoms with Gasteiger partial charge in [-0.3, -0.25) is 0 Å². The van der Waals surface area contributed by atoms with Crippen molar-refractivity contribution < 1.29 is 0 Å². The minimum Gasteiger partial charge on any atom is -0.102 e. The predicted octanol–water partition coefficient (Wildman–Crippen LogP) is 6.35. The van der Waals surface area contributed by atoms with Crippen molar-refractivity contribution in [1.82, 2.24) is 0 Å². The molecule has 0 nitrogen and oxygen atoms in total. The molecular weight excluding hydrogens is 391 g/mol. The largest absolute Gasteiger partial charge is 0.113 e. The van der Waals surface area contributed by atoms with Crippen LogP contribution in [0.5, 0.6) is 0 Å². The topological polar surface area (TPSA) is 0 Å². The molecule has 3 rings (SSSR count). The maximum absolute atomic E-state index is 3.43. The lowest BCUT2D eigenvalue weighted by atomic mass is 10.2. The average molecular weight is 424 g/mol. The van der Waals surface area contributed by atoms with Gasteiger partial charge in [0.05, 0.1) is 12.6 Å². The molecule has 0 fully saturated rings. The van der Waals surface area contributed by atoms with Crippen LogP contribution in [0, 0.1) is 23.7 Å². The first-order valence-corrected chi connectivity index (χ1v) is 13.3. The summed E-state index contributed by atoms with van der Waals surface area (Å²) in [6.45, 7) is 2.22. The second-order valence-corrected chi connectivity index (χ2v) is 11.2. The molecule has 0 bridgehead atoms. The van der Waals surface area contributed by atoms with Gasteiger partial charge in [-0.05, 0) is 42.8 Å². The highest BCUT2D eigenvalue weighted by Gasteiger charge is 2.44. The van der Waals surface area contributed by atoms with Crippen LogP contribution in [0.3, 0.4) is 0 Å². The summed E-state index contributed by atoms with van der Waals surface area (Å²) < 4.78 is 0. The minimum absolute atomic E-state index is 0.680. The molecule has 0 saturated heterocycles. The lowest BCUT2D eigenvalue weighted by Gasteiger charge is -2.27. The lowest BCUT2D eigenvalue weighted by molar-refractivity contribution is 0.737. The Kier molecular flexibility index (Phi) is 9.45. The van der Waals surface area contributed by atoms with Crippen molar-refractivity contribution in [3.8, 4) is 23.7 Å². The second kappa shape index (κ2) is 12.8. The van der Waals surface area contributed by atoms with Gasteiger partial charge in [-0.25, -0.2) is 0 Å². The molecule has 0 spiro atoms. The molecule has 31 heavy (non-hydrogen) atoms. The monoisotopic (exact) mass is 423 g/mol. The summed E-state index contributed by atoms with van der Waals surface area (Å²) in [5, 5.41) is 4.26. The third-order valence-electron chi connectivity index (χ3n) is 5.50. The number of rotatable bonds is 8. The summed E-state index contributed by atoms with van der Waals surface area (Å²) >= 11 is 0. The Balaban J connectivity index is 1.85. The van der Waals surface area contributed by atoms with E-state index in [0.29, 0.717) is 6.42 Å². The molecule has 0 unspecified atom stereocenters. The molecular formula is C30H32P+. The van der Waals surface area contributed by atoms with Crippen LogP contribution < -0.4 is 15.9 Å². The van der Waals surface area contributed by atoms with Gasteiger partial charge in [0.25, 0.3) is 0 Å². The maximum Gasteiger partial charge on any atom is 0.113 e. The molecule has 3 aromatic rings. The van der Waals surface area contributed by atoms with Gasteiger partial charge < -0.3 is 0 Å². The van der Waals surface area contributed by atoms with E-state index in [2.05, 4.69) is 122 Å². The molecule has 1 heteroatoms. The molecule has 0 aliphatic carbocycles. The fourth-order valence-electron chi connectivity index (χ4n) is 3.91. The molecule has 0 aliphatic heterocycles. The first-order valence-electron chi connectivity index (χ1n) is 11.3. The normalized spacial score (nSPS) is 10.5. The number of hydrogen-bond donors (Lipinski definition) is 0. The summed E-state index contributed by atoms with van der Waals surface area (Å²) in [5.74, 6) is 13.2. The van der Waals surface area contributed by atoms with Gasteiger partial charge in [0.1, 0.15) is 23.2 Å². The molecule has 0 radical (unpaired) electrons. The van der Waals surface area contributed by atoms with Crippen molar-refractivity contribution in [2.75, 3.05) is 6.16 Å². The standard InChI is InChI=1S/C30H32P/c1-2-3-4-5-6-7-8-9-10-20-27-31(28-21-14-11-15-22-28,29-23-16-12-17-24-29)30-25-18-13-19-26-30/h11-19,21-26H,2-5,8,20,27H2,1H3/q+1. The summed E-state index contributed by atoms with van der Waals surface area (Å²) in [5.41, 5.74) is 0. The zero-order chi connectivity index (χ0) is 21.6.